The maximum Gasteiger partial charge on any atom is 0.348 e. The van der Waals surface area contributed by atoms with Crippen LogP contribution in [0.5, 0.6) is 5.75 Å². The van der Waals surface area contributed by atoms with Crippen molar-refractivity contribution in [3.05, 3.63) is 51.7 Å². The Morgan fingerprint density at radius 3 is 2.17 bits per heavy atom. The van der Waals surface area contributed by atoms with Gasteiger partial charge in [0.15, 0.2) is 0 Å². The van der Waals surface area contributed by atoms with Crippen LogP contribution in [0.4, 0.5) is 0 Å². The number of hydrogen-bond acceptors (Lipinski definition) is 7. The number of methoxy groups -OCH3 is 1. The monoisotopic (exact) mass is 360 g/mol. The molecule has 7 heteroatoms. The van der Waals surface area contributed by atoms with E-state index in [0.717, 1.165) is 9.40 Å². The molecule has 0 amide bonds. The summed E-state index contributed by atoms with van der Waals surface area (Å²) < 4.78 is 10.5. The summed E-state index contributed by atoms with van der Waals surface area (Å²) in [6.45, 7) is 1.32. The van der Waals surface area contributed by atoms with E-state index in [2.05, 4.69) is 0 Å². The van der Waals surface area contributed by atoms with Crippen LogP contribution in [0.3, 0.4) is 0 Å². The van der Waals surface area contributed by atoms with Gasteiger partial charge in [0.25, 0.3) is 0 Å². The van der Waals surface area contributed by atoms with E-state index in [9.17, 15) is 14.4 Å². The molecule has 0 fully saturated rings. The minimum atomic E-state index is -0.408. The molecule has 0 saturated carbocycles. The van der Waals surface area contributed by atoms with Crippen LogP contribution in [0, 0.1) is 0 Å². The summed E-state index contributed by atoms with van der Waals surface area (Å²) in [5.41, 5.74) is 0.507. The fourth-order valence-corrected chi connectivity index (χ4v) is 4.46. The quantitative estimate of drug-likeness (QED) is 0.401. The van der Waals surface area contributed by atoms with Gasteiger partial charge in [-0.1, -0.05) is 0 Å². The molecule has 3 rings (SSSR count). The molecule has 0 spiro atoms. The number of carbonyl (C=O) groups excluding carboxylic acids is 3. The van der Waals surface area contributed by atoms with E-state index < -0.39 is 5.97 Å². The second-order valence-electron chi connectivity index (χ2n) is 4.90. The zero-order chi connectivity index (χ0) is 17.3. The first kappa shape index (κ1) is 16.4. The molecular weight excluding hydrogens is 348 g/mol. The number of carbonyl (C=O) groups is 3. The van der Waals surface area contributed by atoms with Gasteiger partial charge in [0.1, 0.15) is 10.6 Å². The molecule has 24 heavy (non-hydrogen) atoms. The van der Waals surface area contributed by atoms with Crippen molar-refractivity contribution in [1.82, 2.24) is 0 Å². The fourth-order valence-electron chi connectivity index (χ4n) is 2.13. The summed E-state index contributed by atoms with van der Waals surface area (Å²) in [5, 5.41) is 0.852. The number of thiophene rings is 2. The lowest BCUT2D eigenvalue weighted by molar-refractivity contribution is -0.131. The highest BCUT2D eigenvalue weighted by molar-refractivity contribution is 7.39. The van der Waals surface area contributed by atoms with Crippen LogP contribution < -0.4 is 4.74 Å². The molecule has 0 aliphatic heterocycles. The lowest BCUT2D eigenvalue weighted by Gasteiger charge is -2.02. The van der Waals surface area contributed by atoms with E-state index in [1.807, 2.05) is 0 Å². The van der Waals surface area contributed by atoms with E-state index >= 15 is 0 Å². The summed E-state index contributed by atoms with van der Waals surface area (Å²) in [5.74, 6) is -0.502. The molecule has 5 nitrogen and oxygen atoms in total. The summed E-state index contributed by atoms with van der Waals surface area (Å²) in [6, 6.07) is 9.90. The highest BCUT2D eigenvalue weighted by Gasteiger charge is 2.17. The van der Waals surface area contributed by atoms with Crippen LogP contribution in [-0.2, 0) is 9.53 Å². The lowest BCUT2D eigenvalue weighted by atomic mass is 10.1. The van der Waals surface area contributed by atoms with Crippen LogP contribution >= 0.6 is 22.7 Å². The van der Waals surface area contributed by atoms with E-state index in [4.69, 9.17) is 9.47 Å². The van der Waals surface area contributed by atoms with Crippen molar-refractivity contribution in [2.45, 2.75) is 6.92 Å². The van der Waals surface area contributed by atoms with Gasteiger partial charge in [0, 0.05) is 17.9 Å². The molecule has 2 aromatic heterocycles. The fraction of sp³-hybridized carbons (Fsp3) is 0.118. The van der Waals surface area contributed by atoms with Gasteiger partial charge in [-0.25, -0.2) is 4.79 Å². The molecule has 0 bridgehead atoms. The summed E-state index contributed by atoms with van der Waals surface area (Å²) in [7, 11) is 1.34. The van der Waals surface area contributed by atoms with Crippen molar-refractivity contribution in [2.24, 2.45) is 0 Å². The molecule has 0 aliphatic rings. The third-order valence-corrected chi connectivity index (χ3v) is 5.57. The van der Waals surface area contributed by atoms with Gasteiger partial charge < -0.3 is 9.47 Å². The minimum absolute atomic E-state index is 0.114. The first-order valence-electron chi connectivity index (χ1n) is 6.93. The molecular formula is C17H12O5S2. The van der Waals surface area contributed by atoms with Crippen molar-refractivity contribution >= 4 is 49.8 Å². The van der Waals surface area contributed by atoms with Gasteiger partial charge in [0.2, 0.25) is 5.78 Å². The maximum absolute atomic E-state index is 12.5. The molecule has 122 valence electrons. The summed E-state index contributed by atoms with van der Waals surface area (Å²) in [4.78, 5) is 36.1. The number of hydrogen-bond donors (Lipinski definition) is 0. The Bertz CT molecular complexity index is 902. The maximum atomic E-state index is 12.5. The second kappa shape index (κ2) is 6.54. The Kier molecular flexibility index (Phi) is 4.46. The number of ether oxygens (including phenoxy) is 2. The van der Waals surface area contributed by atoms with E-state index in [1.54, 1.807) is 36.4 Å². The topological polar surface area (TPSA) is 69.7 Å². The van der Waals surface area contributed by atoms with Gasteiger partial charge in [-0.3, -0.25) is 9.59 Å². The number of benzene rings is 1. The molecule has 2 heterocycles. The smallest absolute Gasteiger partial charge is 0.348 e. The summed E-state index contributed by atoms with van der Waals surface area (Å²) in [6.07, 6.45) is 0. The molecule has 0 N–H and O–H groups in total. The average molecular weight is 360 g/mol. The third kappa shape index (κ3) is 3.22. The largest absolute Gasteiger partial charge is 0.465 e. The molecule has 0 unspecified atom stereocenters. The minimum Gasteiger partial charge on any atom is -0.465 e. The van der Waals surface area contributed by atoms with E-state index in [-0.39, 0.29) is 11.8 Å². The van der Waals surface area contributed by atoms with Crippen LogP contribution in [0.2, 0.25) is 0 Å². The SMILES string of the molecule is COC(=O)c1cc2cc(C(=O)c3ccc(OC(C)=O)cc3)sc2s1. The van der Waals surface area contributed by atoms with Crippen LogP contribution in [0.25, 0.3) is 9.40 Å². The van der Waals surface area contributed by atoms with Crippen LogP contribution in [0.15, 0.2) is 36.4 Å². The van der Waals surface area contributed by atoms with E-state index in [0.29, 0.717) is 21.1 Å². The summed E-state index contributed by atoms with van der Waals surface area (Å²) >= 11 is 2.65. The number of esters is 2. The van der Waals surface area contributed by atoms with Crippen molar-refractivity contribution in [1.29, 1.82) is 0 Å². The Morgan fingerprint density at radius 2 is 1.58 bits per heavy atom. The first-order chi connectivity index (χ1) is 11.5. The highest BCUT2D eigenvalue weighted by Crippen LogP contribution is 2.35. The van der Waals surface area contributed by atoms with Crippen LogP contribution in [-0.4, -0.2) is 24.8 Å². The van der Waals surface area contributed by atoms with Crippen molar-refractivity contribution in [3.8, 4) is 5.75 Å². The average Bonchev–Trinajstić information content (AvgIpc) is 3.12. The molecule has 0 aliphatic carbocycles. The first-order valence-corrected chi connectivity index (χ1v) is 8.56. The normalized spacial score (nSPS) is 10.6. The Labute approximate surface area is 145 Å². The second-order valence-corrected chi connectivity index (χ2v) is 7.27. The molecule has 0 atom stereocenters. The van der Waals surface area contributed by atoms with Gasteiger partial charge in [0.05, 0.1) is 16.0 Å². The zero-order valence-corrected chi connectivity index (χ0v) is 14.5. The van der Waals surface area contributed by atoms with Crippen molar-refractivity contribution in [2.75, 3.05) is 7.11 Å². The van der Waals surface area contributed by atoms with Crippen molar-refractivity contribution < 1.29 is 23.9 Å². The van der Waals surface area contributed by atoms with Gasteiger partial charge in [-0.15, -0.1) is 22.7 Å². The number of ketones is 1. The van der Waals surface area contributed by atoms with E-state index in [1.165, 1.54) is 36.7 Å². The predicted molar refractivity (Wildman–Crippen MR) is 92.2 cm³/mol. The Hall–Kier alpha value is -2.51. The lowest BCUT2D eigenvalue weighted by Crippen LogP contribution is -2.02. The molecule has 1 aromatic carbocycles. The molecule has 3 aromatic rings. The van der Waals surface area contributed by atoms with Crippen LogP contribution in [0.1, 0.15) is 31.8 Å². The molecule has 0 radical (unpaired) electrons. The third-order valence-electron chi connectivity index (χ3n) is 3.20. The Morgan fingerprint density at radius 1 is 0.958 bits per heavy atom. The Balaban J connectivity index is 1.84. The van der Waals surface area contributed by atoms with Gasteiger partial charge >= 0.3 is 11.9 Å². The number of rotatable bonds is 4. The van der Waals surface area contributed by atoms with Gasteiger partial charge in [-0.2, -0.15) is 0 Å². The standard InChI is InChI=1S/C17H12O5S2/c1-9(18)22-12-5-3-10(4-6-12)15(19)13-7-11-8-14(16(20)21-2)24-17(11)23-13/h3-8H,1-2H3. The van der Waals surface area contributed by atoms with Gasteiger partial charge in [-0.05, 0) is 36.4 Å². The predicted octanol–water partition coefficient (Wildman–Crippen LogP) is 3.91. The molecule has 0 saturated heterocycles. The number of fused-ring (bicyclic) bond motifs is 1. The zero-order valence-electron chi connectivity index (χ0n) is 12.8. The van der Waals surface area contributed by atoms with Crippen molar-refractivity contribution in [3.63, 3.8) is 0 Å². The highest BCUT2D eigenvalue weighted by atomic mass is 32.2.